The van der Waals surface area contributed by atoms with Crippen molar-refractivity contribution in [3.63, 3.8) is 0 Å². The van der Waals surface area contributed by atoms with Crippen LogP contribution in [-0.4, -0.2) is 40.3 Å². The van der Waals surface area contributed by atoms with E-state index in [1.807, 2.05) is 17.0 Å². The third-order valence-corrected chi connectivity index (χ3v) is 9.26. The summed E-state index contributed by atoms with van der Waals surface area (Å²) in [4.78, 5) is 40.9. The van der Waals surface area contributed by atoms with Crippen LogP contribution in [0.5, 0.6) is 0 Å². The number of carbonyl (C=O) groups is 3. The number of carbonyl (C=O) groups excluding carboxylic acids is 2. The van der Waals surface area contributed by atoms with Gasteiger partial charge in [-0.15, -0.1) is 0 Å². The number of benzene rings is 1. The molecule has 3 fully saturated rings. The largest absolute Gasteiger partial charge is 0.475 e. The number of amides is 1. The zero-order valence-electron chi connectivity index (χ0n) is 21.4. The highest BCUT2D eigenvalue weighted by Gasteiger charge is 2.46. The van der Waals surface area contributed by atoms with Gasteiger partial charge in [-0.1, -0.05) is 51.5 Å². The minimum atomic E-state index is -1.10. The van der Waals surface area contributed by atoms with E-state index in [0.29, 0.717) is 23.4 Å². The molecule has 194 valence electrons. The Balaban J connectivity index is 1.36. The van der Waals surface area contributed by atoms with E-state index in [1.54, 1.807) is 6.07 Å². The summed E-state index contributed by atoms with van der Waals surface area (Å²) in [5.74, 6) is 0.700. The van der Waals surface area contributed by atoms with Crippen LogP contribution in [0, 0.1) is 23.7 Å². The minimum Gasteiger partial charge on any atom is -0.475 e. The lowest BCUT2D eigenvalue weighted by atomic mass is 9.75. The fraction of sp³-hybridized carbons (Fsp3) is 0.633. The van der Waals surface area contributed by atoms with Crippen molar-refractivity contribution in [3.8, 4) is 0 Å². The number of fused-ring (bicyclic) bond motifs is 1. The van der Waals surface area contributed by atoms with Crippen LogP contribution >= 0.6 is 0 Å². The molecular weight excluding hydrogens is 454 g/mol. The second kappa shape index (κ2) is 10.8. The molecule has 3 aliphatic rings. The summed E-state index contributed by atoms with van der Waals surface area (Å²) in [5, 5.41) is 9.92. The summed E-state index contributed by atoms with van der Waals surface area (Å²) in [6, 6.07) is 6.62. The number of rotatable bonds is 7. The van der Waals surface area contributed by atoms with Gasteiger partial charge in [0, 0.05) is 24.3 Å². The summed E-state index contributed by atoms with van der Waals surface area (Å²) < 4.78 is 5.38. The van der Waals surface area contributed by atoms with E-state index in [-0.39, 0.29) is 41.7 Å². The average Bonchev–Trinajstić information content (AvgIpc) is 3.54. The Morgan fingerprint density at radius 3 is 2.42 bits per heavy atom. The predicted octanol–water partition coefficient (Wildman–Crippen LogP) is 6.26. The van der Waals surface area contributed by atoms with Gasteiger partial charge in [-0.25, -0.2) is 4.79 Å². The highest BCUT2D eigenvalue weighted by molar-refractivity contribution is 5.94. The third-order valence-electron chi connectivity index (χ3n) is 9.26. The van der Waals surface area contributed by atoms with E-state index in [9.17, 15) is 19.5 Å². The van der Waals surface area contributed by atoms with Gasteiger partial charge in [-0.05, 0) is 73.6 Å². The van der Waals surface area contributed by atoms with E-state index >= 15 is 0 Å². The SMILES string of the molecule is CCC1CCC(C(=O)N2CC[C@@H](C3CCCCC3)[C@H]2C(=O)Cc2ccc3oc(C(=O)O)cc3c2)CC1. The van der Waals surface area contributed by atoms with Crippen LogP contribution in [0.4, 0.5) is 0 Å². The molecule has 2 aromatic rings. The van der Waals surface area contributed by atoms with Gasteiger partial charge < -0.3 is 14.4 Å². The van der Waals surface area contributed by atoms with E-state index in [2.05, 4.69) is 6.92 Å². The predicted molar refractivity (Wildman–Crippen MR) is 138 cm³/mol. The first-order valence-electron chi connectivity index (χ1n) is 14.0. The van der Waals surface area contributed by atoms with Gasteiger partial charge in [-0.3, -0.25) is 9.59 Å². The average molecular weight is 494 g/mol. The molecule has 0 bridgehead atoms. The standard InChI is InChI=1S/C30H39NO5/c1-2-19-8-11-22(12-9-19)29(33)31-15-14-24(21-6-4-3-5-7-21)28(31)25(32)17-20-10-13-26-23(16-20)18-27(36-26)30(34)35/h10,13,16,18-19,21-22,24,28H,2-9,11-12,14-15,17H2,1H3,(H,34,35)/t19?,22?,24-,28-/m0/s1. The first-order valence-corrected chi connectivity index (χ1v) is 14.0. The Morgan fingerprint density at radius 1 is 0.972 bits per heavy atom. The number of hydrogen-bond acceptors (Lipinski definition) is 4. The number of Topliss-reactive ketones (excluding diaryl/α,β-unsaturated/α-hetero) is 1. The number of carboxylic acid groups (broad SMARTS) is 1. The number of carboxylic acids is 1. The van der Waals surface area contributed by atoms with Crippen LogP contribution in [0.3, 0.4) is 0 Å². The number of hydrogen-bond donors (Lipinski definition) is 1. The molecule has 2 aliphatic carbocycles. The molecular formula is C30H39NO5. The lowest BCUT2D eigenvalue weighted by Gasteiger charge is -2.36. The van der Waals surface area contributed by atoms with Crippen LogP contribution in [0.25, 0.3) is 11.0 Å². The Kier molecular flexibility index (Phi) is 7.49. The minimum absolute atomic E-state index is 0.0601. The zero-order chi connectivity index (χ0) is 25.2. The highest BCUT2D eigenvalue weighted by Crippen LogP contribution is 2.41. The molecule has 6 nitrogen and oxygen atoms in total. The van der Waals surface area contributed by atoms with E-state index < -0.39 is 5.97 Å². The van der Waals surface area contributed by atoms with Crippen LogP contribution in [0.15, 0.2) is 28.7 Å². The van der Waals surface area contributed by atoms with Gasteiger partial charge in [0.2, 0.25) is 11.7 Å². The molecule has 36 heavy (non-hydrogen) atoms. The van der Waals surface area contributed by atoms with Gasteiger partial charge in [0.25, 0.3) is 0 Å². The Morgan fingerprint density at radius 2 is 1.72 bits per heavy atom. The van der Waals surface area contributed by atoms with Crippen LogP contribution in [-0.2, 0) is 16.0 Å². The smallest absolute Gasteiger partial charge is 0.371 e. The van der Waals surface area contributed by atoms with Crippen molar-refractivity contribution in [3.05, 3.63) is 35.6 Å². The van der Waals surface area contributed by atoms with E-state index in [0.717, 1.165) is 56.4 Å². The molecule has 1 aromatic carbocycles. The van der Waals surface area contributed by atoms with E-state index in [1.165, 1.54) is 31.7 Å². The van der Waals surface area contributed by atoms with Gasteiger partial charge >= 0.3 is 5.97 Å². The molecule has 1 aliphatic heterocycles. The maximum Gasteiger partial charge on any atom is 0.371 e. The number of nitrogens with zero attached hydrogens (tertiary/aromatic N) is 1. The van der Waals surface area contributed by atoms with Crippen molar-refractivity contribution in [1.29, 1.82) is 0 Å². The van der Waals surface area contributed by atoms with Crippen LogP contribution in [0.1, 0.15) is 93.7 Å². The van der Waals surface area contributed by atoms with Gasteiger partial charge in [-0.2, -0.15) is 0 Å². The first-order chi connectivity index (χ1) is 17.4. The Labute approximate surface area is 213 Å². The maximum absolute atomic E-state index is 13.9. The molecule has 0 radical (unpaired) electrons. The lowest BCUT2D eigenvalue weighted by molar-refractivity contribution is -0.143. The molecule has 5 rings (SSSR count). The summed E-state index contributed by atoms with van der Waals surface area (Å²) >= 11 is 0. The quantitative estimate of drug-likeness (QED) is 0.492. The molecule has 1 aromatic heterocycles. The fourth-order valence-corrected chi connectivity index (χ4v) is 7.20. The van der Waals surface area contributed by atoms with Crippen LogP contribution in [0.2, 0.25) is 0 Å². The second-order valence-corrected chi connectivity index (χ2v) is 11.4. The zero-order valence-corrected chi connectivity index (χ0v) is 21.4. The molecule has 2 atom stereocenters. The topological polar surface area (TPSA) is 87.8 Å². The number of furan rings is 1. The molecule has 2 heterocycles. The molecule has 1 N–H and O–H groups in total. The molecule has 0 unspecified atom stereocenters. The monoisotopic (exact) mass is 493 g/mol. The fourth-order valence-electron chi connectivity index (χ4n) is 7.20. The van der Waals surface area contributed by atoms with Gasteiger partial charge in [0.05, 0.1) is 6.04 Å². The second-order valence-electron chi connectivity index (χ2n) is 11.4. The summed E-state index contributed by atoms with van der Waals surface area (Å²) in [5.41, 5.74) is 1.35. The van der Waals surface area contributed by atoms with Crippen molar-refractivity contribution in [2.24, 2.45) is 23.7 Å². The molecule has 6 heteroatoms. The Bertz CT molecular complexity index is 1110. The van der Waals surface area contributed by atoms with Crippen molar-refractivity contribution in [2.45, 2.75) is 90.0 Å². The lowest BCUT2D eigenvalue weighted by Crippen LogP contribution is -2.48. The first kappa shape index (κ1) is 25.0. The summed E-state index contributed by atoms with van der Waals surface area (Å²) in [6.45, 7) is 2.94. The van der Waals surface area contributed by atoms with Gasteiger partial charge in [0.1, 0.15) is 5.58 Å². The van der Waals surface area contributed by atoms with Crippen molar-refractivity contribution in [2.75, 3.05) is 6.54 Å². The Hall–Kier alpha value is -2.63. The number of likely N-dealkylation sites (tertiary alicyclic amines) is 1. The molecule has 2 saturated carbocycles. The normalized spacial score (nSPS) is 27.4. The third kappa shape index (κ3) is 5.09. The van der Waals surface area contributed by atoms with Crippen molar-refractivity contribution < 1.29 is 23.9 Å². The summed E-state index contributed by atoms with van der Waals surface area (Å²) in [7, 11) is 0. The summed E-state index contributed by atoms with van der Waals surface area (Å²) in [6.07, 6.45) is 12.6. The molecule has 1 amide bonds. The maximum atomic E-state index is 13.9. The number of aromatic carboxylic acids is 1. The van der Waals surface area contributed by atoms with Gasteiger partial charge in [0.15, 0.2) is 5.78 Å². The molecule has 1 saturated heterocycles. The highest BCUT2D eigenvalue weighted by atomic mass is 16.4. The van der Waals surface area contributed by atoms with Crippen molar-refractivity contribution in [1.82, 2.24) is 4.90 Å². The molecule has 0 spiro atoms. The van der Waals surface area contributed by atoms with Crippen LogP contribution < -0.4 is 0 Å². The van der Waals surface area contributed by atoms with Crippen molar-refractivity contribution >= 4 is 28.6 Å². The van der Waals surface area contributed by atoms with E-state index in [4.69, 9.17) is 4.42 Å². The number of ketones is 1.